The highest BCUT2D eigenvalue weighted by Crippen LogP contribution is 2.20. The Labute approximate surface area is 169 Å². The quantitative estimate of drug-likeness (QED) is 0.588. The molecule has 0 unspecified atom stereocenters. The molecule has 1 heterocycles. The van der Waals surface area contributed by atoms with Gasteiger partial charge in [-0.15, -0.1) is 0 Å². The van der Waals surface area contributed by atoms with Crippen molar-refractivity contribution in [3.8, 4) is 0 Å². The van der Waals surface area contributed by atoms with Gasteiger partial charge in [-0.3, -0.25) is 4.79 Å². The smallest absolute Gasteiger partial charge is 0.340 e. The molecule has 0 spiro atoms. The average molecular weight is 389 g/mol. The van der Waals surface area contributed by atoms with Crippen LogP contribution >= 0.6 is 0 Å². The van der Waals surface area contributed by atoms with Gasteiger partial charge in [-0.1, -0.05) is 18.2 Å². The Morgan fingerprint density at radius 3 is 2.38 bits per heavy atom. The summed E-state index contributed by atoms with van der Waals surface area (Å²) < 4.78 is 5.03. The van der Waals surface area contributed by atoms with Crippen LogP contribution in [0.2, 0.25) is 0 Å². The first-order valence-corrected chi connectivity index (χ1v) is 9.35. The average Bonchev–Trinajstić information content (AvgIpc) is 2.68. The van der Waals surface area contributed by atoms with Gasteiger partial charge in [0.05, 0.1) is 23.4 Å². The lowest BCUT2D eigenvalue weighted by molar-refractivity contribution is 0.0527. The fourth-order valence-corrected chi connectivity index (χ4v) is 2.97. The summed E-state index contributed by atoms with van der Waals surface area (Å²) in [7, 11) is 0. The molecule has 0 bridgehead atoms. The van der Waals surface area contributed by atoms with Crippen molar-refractivity contribution in [2.45, 2.75) is 20.8 Å². The summed E-state index contributed by atoms with van der Waals surface area (Å²) in [4.78, 5) is 29.0. The second kappa shape index (κ2) is 9.01. The lowest BCUT2D eigenvalue weighted by Gasteiger charge is -2.11. The fraction of sp³-hybridized carbons (Fsp3) is 0.174. The standard InChI is InChI=1S/C23H23N3O3/c1-4-29-23(28)19-7-5-6-8-20(19)26-22(27)17-9-10-21(24-14-17)25-18-12-15(2)11-16(3)13-18/h5-14H,4H2,1-3H3,(H,24,25)(H,26,27). The van der Waals surface area contributed by atoms with Crippen LogP contribution in [0.1, 0.15) is 38.8 Å². The van der Waals surface area contributed by atoms with Gasteiger partial charge in [0.2, 0.25) is 0 Å². The van der Waals surface area contributed by atoms with Crippen molar-refractivity contribution in [1.29, 1.82) is 0 Å². The van der Waals surface area contributed by atoms with Gasteiger partial charge < -0.3 is 15.4 Å². The molecule has 0 saturated carbocycles. The predicted molar refractivity (Wildman–Crippen MR) is 114 cm³/mol. The van der Waals surface area contributed by atoms with Crippen molar-refractivity contribution in [2.75, 3.05) is 17.2 Å². The van der Waals surface area contributed by atoms with Crippen LogP contribution in [0.4, 0.5) is 17.2 Å². The molecule has 6 nitrogen and oxygen atoms in total. The minimum Gasteiger partial charge on any atom is -0.462 e. The Balaban J connectivity index is 1.72. The molecule has 0 radical (unpaired) electrons. The van der Waals surface area contributed by atoms with E-state index in [2.05, 4.69) is 21.7 Å². The highest BCUT2D eigenvalue weighted by atomic mass is 16.5. The molecule has 148 valence electrons. The zero-order valence-electron chi connectivity index (χ0n) is 16.7. The first-order valence-electron chi connectivity index (χ1n) is 9.35. The number of carbonyl (C=O) groups is 2. The van der Waals surface area contributed by atoms with E-state index in [0.717, 1.165) is 16.8 Å². The number of amides is 1. The van der Waals surface area contributed by atoms with Crippen LogP contribution < -0.4 is 10.6 Å². The summed E-state index contributed by atoms with van der Waals surface area (Å²) in [6.07, 6.45) is 1.49. The highest BCUT2D eigenvalue weighted by Gasteiger charge is 2.15. The third kappa shape index (κ3) is 5.19. The normalized spacial score (nSPS) is 10.3. The van der Waals surface area contributed by atoms with E-state index in [1.165, 1.54) is 6.20 Å². The number of benzene rings is 2. The minimum atomic E-state index is -0.477. The topological polar surface area (TPSA) is 80.3 Å². The van der Waals surface area contributed by atoms with Gasteiger partial charge in [0.25, 0.3) is 5.91 Å². The summed E-state index contributed by atoms with van der Waals surface area (Å²) >= 11 is 0. The van der Waals surface area contributed by atoms with Crippen molar-refractivity contribution in [1.82, 2.24) is 4.98 Å². The van der Waals surface area contributed by atoms with Crippen LogP contribution in [0.15, 0.2) is 60.8 Å². The molecule has 0 saturated heterocycles. The SMILES string of the molecule is CCOC(=O)c1ccccc1NC(=O)c1ccc(Nc2cc(C)cc(C)c2)nc1. The maximum absolute atomic E-state index is 12.6. The number of ether oxygens (including phenoxy) is 1. The van der Waals surface area contributed by atoms with E-state index < -0.39 is 5.97 Å². The number of aromatic nitrogens is 1. The number of nitrogens with zero attached hydrogens (tertiary/aromatic N) is 1. The number of aryl methyl sites for hydroxylation is 2. The largest absolute Gasteiger partial charge is 0.462 e. The van der Waals surface area contributed by atoms with Crippen LogP contribution in [0.5, 0.6) is 0 Å². The van der Waals surface area contributed by atoms with E-state index >= 15 is 0 Å². The molecule has 0 aliphatic carbocycles. The number of nitrogens with one attached hydrogen (secondary N) is 2. The number of rotatable bonds is 6. The van der Waals surface area contributed by atoms with E-state index in [0.29, 0.717) is 22.6 Å². The molecular weight excluding hydrogens is 366 g/mol. The number of hydrogen-bond donors (Lipinski definition) is 2. The van der Waals surface area contributed by atoms with Crippen LogP contribution in [-0.2, 0) is 4.74 Å². The van der Waals surface area contributed by atoms with Gasteiger partial charge in [0.1, 0.15) is 5.82 Å². The van der Waals surface area contributed by atoms with E-state index in [-0.39, 0.29) is 12.5 Å². The monoisotopic (exact) mass is 389 g/mol. The third-order valence-electron chi connectivity index (χ3n) is 4.19. The van der Waals surface area contributed by atoms with Crippen molar-refractivity contribution in [3.63, 3.8) is 0 Å². The maximum atomic E-state index is 12.6. The number of para-hydroxylation sites is 1. The van der Waals surface area contributed by atoms with Gasteiger partial charge in [-0.25, -0.2) is 9.78 Å². The van der Waals surface area contributed by atoms with Gasteiger partial charge in [-0.05, 0) is 68.3 Å². The van der Waals surface area contributed by atoms with Crippen LogP contribution in [0, 0.1) is 13.8 Å². The number of anilines is 3. The zero-order chi connectivity index (χ0) is 20.8. The molecule has 1 amide bonds. The molecule has 2 aromatic carbocycles. The third-order valence-corrected chi connectivity index (χ3v) is 4.19. The Bertz CT molecular complexity index is 1010. The molecular formula is C23H23N3O3. The maximum Gasteiger partial charge on any atom is 0.340 e. The van der Waals surface area contributed by atoms with Crippen molar-refractivity contribution >= 4 is 29.1 Å². The number of hydrogen-bond acceptors (Lipinski definition) is 5. The molecule has 1 aromatic heterocycles. The Kier molecular flexibility index (Phi) is 6.24. The molecule has 0 aliphatic rings. The van der Waals surface area contributed by atoms with E-state index in [9.17, 15) is 9.59 Å². The number of carbonyl (C=O) groups excluding carboxylic acids is 2. The molecule has 0 atom stereocenters. The van der Waals surface area contributed by atoms with E-state index in [4.69, 9.17) is 4.74 Å². The summed E-state index contributed by atoms with van der Waals surface area (Å²) in [5, 5.41) is 5.99. The summed E-state index contributed by atoms with van der Waals surface area (Å²) in [6.45, 7) is 6.07. The molecule has 6 heteroatoms. The minimum absolute atomic E-state index is 0.264. The van der Waals surface area contributed by atoms with Gasteiger partial charge in [0.15, 0.2) is 0 Å². The number of pyridine rings is 1. The highest BCUT2D eigenvalue weighted by molar-refractivity contribution is 6.07. The zero-order valence-corrected chi connectivity index (χ0v) is 16.7. The first-order chi connectivity index (χ1) is 14.0. The lowest BCUT2D eigenvalue weighted by Crippen LogP contribution is -2.16. The summed E-state index contributed by atoms with van der Waals surface area (Å²) in [6, 6.07) is 16.3. The van der Waals surface area contributed by atoms with Crippen molar-refractivity contribution in [2.24, 2.45) is 0 Å². The second-order valence-electron chi connectivity index (χ2n) is 6.65. The van der Waals surface area contributed by atoms with E-state index in [1.54, 1.807) is 43.3 Å². The Morgan fingerprint density at radius 2 is 1.72 bits per heavy atom. The fourth-order valence-electron chi connectivity index (χ4n) is 2.97. The van der Waals surface area contributed by atoms with E-state index in [1.807, 2.05) is 26.0 Å². The lowest BCUT2D eigenvalue weighted by atomic mass is 10.1. The molecule has 0 fully saturated rings. The predicted octanol–water partition coefficient (Wildman–Crippen LogP) is 4.87. The summed E-state index contributed by atoms with van der Waals surface area (Å²) in [5.74, 6) is -0.194. The van der Waals surface area contributed by atoms with Gasteiger partial charge >= 0.3 is 5.97 Å². The molecule has 2 N–H and O–H groups in total. The molecule has 3 rings (SSSR count). The first kappa shape index (κ1) is 20.1. The molecule has 3 aromatic rings. The Morgan fingerprint density at radius 1 is 1.00 bits per heavy atom. The Hall–Kier alpha value is -3.67. The molecule has 29 heavy (non-hydrogen) atoms. The van der Waals surface area contributed by atoms with Crippen molar-refractivity contribution in [3.05, 3.63) is 83.0 Å². The van der Waals surface area contributed by atoms with Gasteiger partial charge in [-0.2, -0.15) is 0 Å². The summed E-state index contributed by atoms with van der Waals surface area (Å²) in [5.41, 5.74) is 4.34. The van der Waals surface area contributed by atoms with Crippen LogP contribution in [0.25, 0.3) is 0 Å². The van der Waals surface area contributed by atoms with Gasteiger partial charge in [0, 0.05) is 11.9 Å². The van der Waals surface area contributed by atoms with Crippen LogP contribution in [-0.4, -0.2) is 23.5 Å². The molecule has 0 aliphatic heterocycles. The van der Waals surface area contributed by atoms with Crippen LogP contribution in [0.3, 0.4) is 0 Å². The number of esters is 1. The van der Waals surface area contributed by atoms with Crippen molar-refractivity contribution < 1.29 is 14.3 Å². The second-order valence-corrected chi connectivity index (χ2v) is 6.65.